The van der Waals surface area contributed by atoms with Gasteiger partial charge in [-0.05, 0) is 27.7 Å². The van der Waals surface area contributed by atoms with Crippen molar-refractivity contribution < 1.29 is 16.8 Å². The highest BCUT2D eigenvalue weighted by Crippen LogP contribution is 2.17. The SMILES string of the molecule is CCn1cc(S(=O)(=O)Cl)c(C)n1.CCn1cc(S(N)(=O)=O)c(C)n1. The maximum atomic E-state index is 10.9. The van der Waals surface area contributed by atoms with Crippen molar-refractivity contribution in [2.75, 3.05) is 0 Å². The smallest absolute Gasteiger partial charge is 0.264 e. The number of halogens is 1. The zero-order valence-corrected chi connectivity index (χ0v) is 16.2. The van der Waals surface area contributed by atoms with Crippen LogP contribution in [0.1, 0.15) is 25.2 Å². The van der Waals surface area contributed by atoms with E-state index in [4.69, 9.17) is 15.8 Å². The van der Waals surface area contributed by atoms with Gasteiger partial charge in [-0.15, -0.1) is 0 Å². The van der Waals surface area contributed by atoms with Gasteiger partial charge in [0, 0.05) is 36.2 Å². The van der Waals surface area contributed by atoms with Gasteiger partial charge >= 0.3 is 0 Å². The summed E-state index contributed by atoms with van der Waals surface area (Å²) in [5.41, 5.74) is 0.881. The summed E-state index contributed by atoms with van der Waals surface area (Å²) in [6.07, 6.45) is 2.86. The number of aryl methyl sites for hydroxylation is 4. The Balaban J connectivity index is 0.000000240. The Kier molecular flexibility index (Phi) is 6.56. The van der Waals surface area contributed by atoms with Gasteiger partial charge < -0.3 is 0 Å². The van der Waals surface area contributed by atoms with Gasteiger partial charge in [0.1, 0.15) is 9.79 Å². The van der Waals surface area contributed by atoms with E-state index in [0.717, 1.165) is 0 Å². The lowest BCUT2D eigenvalue weighted by molar-refractivity contribution is 0.596. The van der Waals surface area contributed by atoms with Crippen molar-refractivity contribution in [2.24, 2.45) is 5.14 Å². The molecule has 136 valence electrons. The second-order valence-electron chi connectivity index (χ2n) is 4.85. The van der Waals surface area contributed by atoms with E-state index in [1.165, 1.54) is 21.8 Å². The van der Waals surface area contributed by atoms with Crippen LogP contribution in [0.5, 0.6) is 0 Å². The molecule has 0 atom stereocenters. The van der Waals surface area contributed by atoms with Crippen molar-refractivity contribution in [3.63, 3.8) is 0 Å². The van der Waals surface area contributed by atoms with Crippen molar-refractivity contribution in [3.05, 3.63) is 23.8 Å². The normalized spacial score (nSPS) is 11.9. The molecule has 0 spiro atoms. The third kappa shape index (κ3) is 5.30. The van der Waals surface area contributed by atoms with Crippen LogP contribution in [0.2, 0.25) is 0 Å². The Hall–Kier alpha value is -1.43. The zero-order chi connectivity index (χ0) is 18.7. The van der Waals surface area contributed by atoms with Crippen molar-refractivity contribution in [1.29, 1.82) is 0 Å². The lowest BCUT2D eigenvalue weighted by atomic mass is 10.5. The van der Waals surface area contributed by atoms with Gasteiger partial charge in [-0.1, -0.05) is 0 Å². The summed E-state index contributed by atoms with van der Waals surface area (Å²) in [4.78, 5) is 0.190. The summed E-state index contributed by atoms with van der Waals surface area (Å²) in [5, 5.41) is 12.8. The molecule has 0 saturated heterocycles. The summed E-state index contributed by atoms with van der Waals surface area (Å²) in [6.45, 7) is 8.24. The highest BCUT2D eigenvalue weighted by Gasteiger charge is 2.16. The number of rotatable bonds is 4. The van der Waals surface area contributed by atoms with Gasteiger partial charge in [0.05, 0.1) is 11.4 Å². The fourth-order valence-corrected chi connectivity index (χ4v) is 3.66. The lowest BCUT2D eigenvalue weighted by Gasteiger charge is -1.91. The van der Waals surface area contributed by atoms with E-state index in [0.29, 0.717) is 24.5 Å². The molecule has 24 heavy (non-hydrogen) atoms. The molecule has 0 radical (unpaired) electrons. The number of hydrogen-bond acceptors (Lipinski definition) is 6. The molecule has 0 aliphatic carbocycles. The Bertz CT molecular complexity index is 839. The molecule has 0 saturated carbocycles. The largest absolute Gasteiger partial charge is 0.271 e. The van der Waals surface area contributed by atoms with Crippen molar-refractivity contribution in [2.45, 2.75) is 50.6 Å². The maximum absolute atomic E-state index is 10.9. The second-order valence-corrected chi connectivity index (χ2v) is 8.92. The van der Waals surface area contributed by atoms with E-state index in [-0.39, 0.29) is 9.79 Å². The second kappa shape index (κ2) is 7.64. The van der Waals surface area contributed by atoms with Gasteiger partial charge in [0.15, 0.2) is 0 Å². The fourth-order valence-electron chi connectivity index (χ4n) is 1.84. The summed E-state index contributed by atoms with van der Waals surface area (Å²) in [5.74, 6) is 0. The predicted octanol–water partition coefficient (Wildman–Crippen LogP) is 0.998. The molecular weight excluding hydrogens is 378 g/mol. The van der Waals surface area contributed by atoms with Gasteiger partial charge in [0.25, 0.3) is 9.05 Å². The first-order valence-electron chi connectivity index (χ1n) is 6.95. The van der Waals surface area contributed by atoms with E-state index >= 15 is 0 Å². The van der Waals surface area contributed by atoms with Crippen LogP contribution in [0.25, 0.3) is 0 Å². The van der Waals surface area contributed by atoms with E-state index < -0.39 is 19.1 Å². The average molecular weight is 398 g/mol. The number of hydrogen-bond donors (Lipinski definition) is 1. The number of nitrogens with zero attached hydrogens (tertiary/aromatic N) is 4. The minimum absolute atomic E-state index is 0.0889. The van der Waals surface area contributed by atoms with Crippen LogP contribution in [0.4, 0.5) is 0 Å². The molecule has 0 aromatic carbocycles. The highest BCUT2D eigenvalue weighted by molar-refractivity contribution is 8.13. The predicted molar refractivity (Wildman–Crippen MR) is 89.7 cm³/mol. The highest BCUT2D eigenvalue weighted by atomic mass is 35.7. The summed E-state index contributed by atoms with van der Waals surface area (Å²) >= 11 is 0. The first-order valence-corrected chi connectivity index (χ1v) is 10.8. The Labute approximate surface area is 145 Å². The van der Waals surface area contributed by atoms with Gasteiger partial charge in [-0.3, -0.25) is 9.36 Å². The van der Waals surface area contributed by atoms with E-state index in [1.807, 2.05) is 13.8 Å². The molecule has 0 fully saturated rings. The number of nitrogens with two attached hydrogens (primary N) is 1. The monoisotopic (exact) mass is 397 g/mol. The first kappa shape index (κ1) is 20.6. The molecule has 2 aromatic rings. The fraction of sp³-hybridized carbons (Fsp3) is 0.500. The first-order chi connectivity index (χ1) is 10.9. The molecular formula is C12H20ClN5O4S2. The van der Waals surface area contributed by atoms with E-state index in [2.05, 4.69) is 10.2 Å². The Morgan fingerprint density at radius 1 is 0.958 bits per heavy atom. The molecule has 0 aliphatic rings. The van der Waals surface area contributed by atoms with E-state index in [1.54, 1.807) is 13.8 Å². The van der Waals surface area contributed by atoms with Crippen LogP contribution < -0.4 is 5.14 Å². The molecule has 0 amide bonds. The molecule has 0 unspecified atom stereocenters. The Morgan fingerprint density at radius 2 is 1.33 bits per heavy atom. The van der Waals surface area contributed by atoms with Crippen molar-refractivity contribution >= 4 is 29.8 Å². The summed E-state index contributed by atoms with van der Waals surface area (Å²) in [7, 11) is -2.09. The van der Waals surface area contributed by atoms with Crippen LogP contribution in [0, 0.1) is 13.8 Å². The maximum Gasteiger partial charge on any atom is 0.264 e. The topological polar surface area (TPSA) is 130 Å². The van der Waals surface area contributed by atoms with Crippen LogP contribution in [0.15, 0.2) is 22.2 Å². The van der Waals surface area contributed by atoms with Crippen LogP contribution >= 0.6 is 10.7 Å². The minimum atomic E-state index is -3.63. The van der Waals surface area contributed by atoms with Crippen LogP contribution in [0.3, 0.4) is 0 Å². The number of aromatic nitrogens is 4. The van der Waals surface area contributed by atoms with Crippen molar-refractivity contribution in [3.8, 4) is 0 Å². The third-order valence-corrected chi connectivity index (χ3v) is 5.46. The van der Waals surface area contributed by atoms with Crippen molar-refractivity contribution in [1.82, 2.24) is 19.6 Å². The molecule has 2 aromatic heterocycles. The van der Waals surface area contributed by atoms with E-state index in [9.17, 15) is 16.8 Å². The molecule has 12 heteroatoms. The third-order valence-electron chi connectivity index (χ3n) is 3.02. The zero-order valence-electron chi connectivity index (χ0n) is 13.8. The molecule has 0 aliphatic heterocycles. The molecule has 2 N–H and O–H groups in total. The number of primary sulfonamides is 1. The van der Waals surface area contributed by atoms with Gasteiger partial charge in [-0.25, -0.2) is 22.0 Å². The standard InChI is InChI=1S/C6H9ClN2O2S.C6H11N3O2S/c2*1-3-9-4-6(5(2)8-9)12(7,10)11/h4H,3H2,1-2H3;4H,3H2,1-2H3,(H2,7,10,11). The quantitative estimate of drug-likeness (QED) is 0.765. The van der Waals surface area contributed by atoms with Gasteiger partial charge in [-0.2, -0.15) is 10.2 Å². The summed E-state index contributed by atoms with van der Waals surface area (Å²) < 4.78 is 46.7. The summed E-state index contributed by atoms with van der Waals surface area (Å²) in [6, 6.07) is 0. The van der Waals surface area contributed by atoms with Crippen LogP contribution in [-0.4, -0.2) is 36.4 Å². The molecule has 0 bridgehead atoms. The number of sulfonamides is 1. The molecule has 9 nitrogen and oxygen atoms in total. The van der Waals surface area contributed by atoms with Gasteiger partial charge in [0.2, 0.25) is 10.0 Å². The average Bonchev–Trinajstić information content (AvgIpc) is 3.01. The lowest BCUT2D eigenvalue weighted by Crippen LogP contribution is -2.12. The van der Waals surface area contributed by atoms with Crippen LogP contribution in [-0.2, 0) is 32.2 Å². The molecule has 2 rings (SSSR count). The Morgan fingerprint density at radius 3 is 1.54 bits per heavy atom. The minimum Gasteiger partial charge on any atom is -0.271 e. The molecule has 2 heterocycles.